The van der Waals surface area contributed by atoms with Crippen molar-refractivity contribution < 1.29 is 28.6 Å². The van der Waals surface area contributed by atoms with Gasteiger partial charge in [-0.1, -0.05) is 38.1 Å². The minimum absolute atomic E-state index is 0.258. The number of rotatable bonds is 7. The van der Waals surface area contributed by atoms with E-state index >= 15 is 0 Å². The zero-order chi connectivity index (χ0) is 22.4. The van der Waals surface area contributed by atoms with E-state index in [-0.39, 0.29) is 6.54 Å². The van der Waals surface area contributed by atoms with Crippen LogP contribution in [-0.4, -0.2) is 49.1 Å². The zero-order valence-corrected chi connectivity index (χ0v) is 18.0. The molecule has 1 heterocycles. The van der Waals surface area contributed by atoms with E-state index in [4.69, 9.17) is 14.2 Å². The molecule has 1 atom stereocenters. The molecule has 31 heavy (non-hydrogen) atoms. The van der Waals surface area contributed by atoms with Gasteiger partial charge in [0.15, 0.2) is 6.61 Å². The van der Waals surface area contributed by atoms with Crippen LogP contribution in [0.1, 0.15) is 35.3 Å². The number of amides is 1. The van der Waals surface area contributed by atoms with Crippen molar-refractivity contribution in [1.82, 2.24) is 4.90 Å². The van der Waals surface area contributed by atoms with Crippen LogP contribution in [0.5, 0.6) is 5.75 Å². The van der Waals surface area contributed by atoms with E-state index in [0.29, 0.717) is 30.3 Å². The molecule has 1 aliphatic rings. The minimum Gasteiger partial charge on any atom is -0.493 e. The van der Waals surface area contributed by atoms with Gasteiger partial charge in [0.1, 0.15) is 11.8 Å². The standard InChI is InChI=1S/C24H27NO6/c1-16(2)14-30-20-10-8-17(9-11-20)23(27)31-15-22(26)25-13-19-7-5-4-6-18(19)12-21(25)24(28)29-3/h4-11,16,21H,12-15H2,1-3H3/t21-/m1/s1. The average Bonchev–Trinajstić information content (AvgIpc) is 2.79. The second-order valence-corrected chi connectivity index (χ2v) is 7.84. The van der Waals surface area contributed by atoms with Gasteiger partial charge in [-0.2, -0.15) is 0 Å². The molecule has 0 saturated heterocycles. The highest BCUT2D eigenvalue weighted by Crippen LogP contribution is 2.24. The Balaban J connectivity index is 1.62. The summed E-state index contributed by atoms with van der Waals surface area (Å²) in [6.07, 6.45) is 0.361. The fourth-order valence-electron chi connectivity index (χ4n) is 3.38. The van der Waals surface area contributed by atoms with Crippen molar-refractivity contribution in [2.24, 2.45) is 5.92 Å². The summed E-state index contributed by atoms with van der Waals surface area (Å²) in [4.78, 5) is 38.8. The zero-order valence-electron chi connectivity index (χ0n) is 18.0. The summed E-state index contributed by atoms with van der Waals surface area (Å²) >= 11 is 0. The van der Waals surface area contributed by atoms with Crippen molar-refractivity contribution in [3.63, 3.8) is 0 Å². The molecule has 0 N–H and O–H groups in total. The number of benzene rings is 2. The summed E-state index contributed by atoms with van der Waals surface area (Å²) < 4.78 is 15.7. The maximum Gasteiger partial charge on any atom is 0.338 e. The number of hydrogen-bond acceptors (Lipinski definition) is 6. The van der Waals surface area contributed by atoms with Crippen molar-refractivity contribution in [3.8, 4) is 5.75 Å². The molecule has 7 nitrogen and oxygen atoms in total. The number of ether oxygens (including phenoxy) is 3. The highest BCUT2D eigenvalue weighted by Gasteiger charge is 2.35. The molecule has 0 aromatic heterocycles. The van der Waals surface area contributed by atoms with Crippen LogP contribution in [-0.2, 0) is 32.0 Å². The van der Waals surface area contributed by atoms with E-state index in [1.54, 1.807) is 24.3 Å². The lowest BCUT2D eigenvalue weighted by Crippen LogP contribution is -2.50. The normalized spacial score (nSPS) is 15.2. The number of hydrogen-bond donors (Lipinski definition) is 0. The van der Waals surface area contributed by atoms with E-state index in [2.05, 4.69) is 13.8 Å². The molecule has 1 aliphatic heterocycles. The number of carbonyl (C=O) groups excluding carboxylic acids is 3. The van der Waals surface area contributed by atoms with Crippen molar-refractivity contribution >= 4 is 17.8 Å². The molecule has 164 valence electrons. The fourth-order valence-corrected chi connectivity index (χ4v) is 3.38. The van der Waals surface area contributed by atoms with Crippen LogP contribution in [0.15, 0.2) is 48.5 Å². The van der Waals surface area contributed by atoms with Crippen LogP contribution in [0.2, 0.25) is 0 Å². The summed E-state index contributed by atoms with van der Waals surface area (Å²) in [6, 6.07) is 13.4. The third-order valence-electron chi connectivity index (χ3n) is 5.04. The maximum absolute atomic E-state index is 12.8. The van der Waals surface area contributed by atoms with Gasteiger partial charge in [-0.25, -0.2) is 9.59 Å². The average molecular weight is 425 g/mol. The Kier molecular flexibility index (Phi) is 7.28. The van der Waals surface area contributed by atoms with Crippen LogP contribution >= 0.6 is 0 Å². The molecule has 0 aliphatic carbocycles. The second kappa shape index (κ2) is 10.1. The fraction of sp³-hybridized carbons (Fsp3) is 0.375. The molecular weight excluding hydrogens is 398 g/mol. The third kappa shape index (κ3) is 5.63. The quantitative estimate of drug-likeness (QED) is 0.635. The van der Waals surface area contributed by atoms with E-state index in [9.17, 15) is 14.4 Å². The first kappa shape index (κ1) is 22.3. The van der Waals surface area contributed by atoms with E-state index in [1.807, 2.05) is 24.3 Å². The van der Waals surface area contributed by atoms with Gasteiger partial charge in [0.05, 0.1) is 19.3 Å². The Bertz CT molecular complexity index is 937. The van der Waals surface area contributed by atoms with Gasteiger partial charge < -0.3 is 19.1 Å². The smallest absolute Gasteiger partial charge is 0.338 e. The van der Waals surface area contributed by atoms with E-state index in [0.717, 1.165) is 11.1 Å². The SMILES string of the molecule is COC(=O)[C@H]1Cc2ccccc2CN1C(=O)COC(=O)c1ccc(OCC(C)C)cc1. The maximum atomic E-state index is 12.8. The summed E-state index contributed by atoms with van der Waals surface area (Å²) in [6.45, 7) is 4.48. The molecule has 7 heteroatoms. The number of fused-ring (bicyclic) bond motifs is 1. The Hall–Kier alpha value is -3.35. The number of esters is 2. The van der Waals surface area contributed by atoms with Gasteiger partial charge >= 0.3 is 11.9 Å². The monoisotopic (exact) mass is 425 g/mol. The van der Waals surface area contributed by atoms with Crippen molar-refractivity contribution in [3.05, 3.63) is 65.2 Å². The minimum atomic E-state index is -0.747. The Morgan fingerprint density at radius 3 is 2.35 bits per heavy atom. The van der Waals surface area contributed by atoms with Gasteiger partial charge in [0.25, 0.3) is 5.91 Å². The van der Waals surface area contributed by atoms with Crippen LogP contribution in [0.25, 0.3) is 0 Å². The molecule has 0 bridgehead atoms. The largest absolute Gasteiger partial charge is 0.493 e. The topological polar surface area (TPSA) is 82.1 Å². The first-order valence-corrected chi connectivity index (χ1v) is 10.2. The molecule has 0 saturated carbocycles. The molecule has 3 rings (SSSR count). The van der Waals surface area contributed by atoms with Crippen LogP contribution in [0.4, 0.5) is 0 Å². The Labute approximate surface area is 181 Å². The highest BCUT2D eigenvalue weighted by molar-refractivity contribution is 5.92. The van der Waals surface area contributed by atoms with Crippen LogP contribution < -0.4 is 4.74 Å². The van der Waals surface area contributed by atoms with Crippen molar-refractivity contribution in [2.45, 2.75) is 32.9 Å². The molecule has 0 fully saturated rings. The van der Waals surface area contributed by atoms with Crippen LogP contribution in [0.3, 0.4) is 0 Å². The molecule has 0 unspecified atom stereocenters. The lowest BCUT2D eigenvalue weighted by molar-refractivity contribution is -0.155. The van der Waals surface area contributed by atoms with Gasteiger partial charge in [-0.3, -0.25) is 4.79 Å². The molecule has 0 spiro atoms. The van der Waals surface area contributed by atoms with Crippen LogP contribution in [0, 0.1) is 5.92 Å². The summed E-state index contributed by atoms with van der Waals surface area (Å²) in [5, 5.41) is 0. The first-order valence-electron chi connectivity index (χ1n) is 10.2. The lowest BCUT2D eigenvalue weighted by Gasteiger charge is -2.35. The molecule has 2 aromatic carbocycles. The third-order valence-corrected chi connectivity index (χ3v) is 5.04. The van der Waals surface area contributed by atoms with Gasteiger partial charge in [-0.05, 0) is 41.3 Å². The summed E-state index contributed by atoms with van der Waals surface area (Å²) in [5.41, 5.74) is 2.27. The summed E-state index contributed by atoms with van der Waals surface area (Å²) in [7, 11) is 1.29. The Morgan fingerprint density at radius 1 is 1.03 bits per heavy atom. The second-order valence-electron chi connectivity index (χ2n) is 7.84. The number of nitrogens with zero attached hydrogens (tertiary/aromatic N) is 1. The predicted molar refractivity (Wildman–Crippen MR) is 114 cm³/mol. The summed E-state index contributed by atoms with van der Waals surface area (Å²) in [5.74, 6) is -0.502. The number of methoxy groups -OCH3 is 1. The van der Waals surface area contributed by atoms with E-state index < -0.39 is 30.5 Å². The molecule has 2 aromatic rings. The molecule has 0 radical (unpaired) electrons. The van der Waals surface area contributed by atoms with E-state index in [1.165, 1.54) is 12.0 Å². The van der Waals surface area contributed by atoms with Gasteiger partial charge in [-0.15, -0.1) is 0 Å². The lowest BCUT2D eigenvalue weighted by atomic mass is 9.94. The van der Waals surface area contributed by atoms with Crippen molar-refractivity contribution in [1.29, 1.82) is 0 Å². The highest BCUT2D eigenvalue weighted by atomic mass is 16.5. The molecular formula is C24H27NO6. The first-order chi connectivity index (χ1) is 14.9. The van der Waals surface area contributed by atoms with Gasteiger partial charge in [0, 0.05) is 13.0 Å². The van der Waals surface area contributed by atoms with Gasteiger partial charge in [0.2, 0.25) is 0 Å². The molecule has 1 amide bonds. The number of carbonyl (C=O) groups is 3. The predicted octanol–water partition coefficient (Wildman–Crippen LogP) is 3.00. The van der Waals surface area contributed by atoms with Crippen molar-refractivity contribution in [2.75, 3.05) is 20.3 Å². The Morgan fingerprint density at radius 2 is 1.71 bits per heavy atom.